The maximum atomic E-state index is 9.75. The Morgan fingerprint density at radius 1 is 1.38 bits per heavy atom. The number of thiazole rings is 1. The smallest absolute Gasteiger partial charge is 0.418 e. The van der Waals surface area contributed by atoms with Gasteiger partial charge in [0.15, 0.2) is 5.69 Å². The number of halogens is 4. The third-order valence-corrected chi connectivity index (χ3v) is 2.18. The Morgan fingerprint density at radius 2 is 1.85 bits per heavy atom. The van der Waals surface area contributed by atoms with Crippen LogP contribution in [0.25, 0.3) is 0 Å². The molecule has 0 atom stereocenters. The summed E-state index contributed by atoms with van der Waals surface area (Å²) in [5.41, 5.74) is 1.27. The number of rotatable bonds is 1. The Labute approximate surface area is 77.9 Å². The zero-order valence-corrected chi connectivity index (χ0v) is 8.10. The maximum Gasteiger partial charge on any atom is 0.673 e. The van der Waals surface area contributed by atoms with Crippen molar-refractivity contribution in [2.24, 2.45) is 0 Å². The van der Waals surface area contributed by atoms with Gasteiger partial charge in [0.25, 0.3) is 0 Å². The van der Waals surface area contributed by atoms with Gasteiger partial charge in [-0.25, -0.2) is 4.98 Å². The average Bonchev–Trinajstić information content (AvgIpc) is 2.31. The number of aryl methyl sites for hydroxylation is 2. The second-order valence-corrected chi connectivity index (χ2v) is 3.28. The molecule has 7 heteroatoms. The van der Waals surface area contributed by atoms with Crippen molar-refractivity contribution in [3.63, 3.8) is 0 Å². The third kappa shape index (κ3) is 9.33. The molecular formula is C6H10BF4NS. The summed E-state index contributed by atoms with van der Waals surface area (Å²) in [6, 6.07) is 0. The summed E-state index contributed by atoms with van der Waals surface area (Å²) in [5.74, 6) is 0. The molecule has 0 aliphatic rings. The molecule has 1 heterocycles. The lowest BCUT2D eigenvalue weighted by Crippen LogP contribution is -2.05. The van der Waals surface area contributed by atoms with Crippen molar-refractivity contribution in [1.82, 2.24) is 0 Å². The first-order valence-corrected chi connectivity index (χ1v) is 4.54. The van der Waals surface area contributed by atoms with E-state index in [1.165, 1.54) is 10.7 Å². The van der Waals surface area contributed by atoms with E-state index in [0.717, 1.165) is 6.42 Å². The van der Waals surface area contributed by atoms with Gasteiger partial charge in [-0.3, -0.25) is 0 Å². The van der Waals surface area contributed by atoms with Crippen LogP contribution in [0.4, 0.5) is 17.3 Å². The van der Waals surface area contributed by atoms with E-state index in [1.54, 1.807) is 11.3 Å². The van der Waals surface area contributed by atoms with Crippen molar-refractivity contribution < 1.29 is 22.2 Å². The quantitative estimate of drug-likeness (QED) is 0.505. The van der Waals surface area contributed by atoms with Gasteiger partial charge < -0.3 is 17.3 Å². The van der Waals surface area contributed by atoms with Gasteiger partial charge in [0.1, 0.15) is 0 Å². The molecule has 0 saturated carbocycles. The zero-order chi connectivity index (χ0) is 10.5. The highest BCUT2D eigenvalue weighted by atomic mass is 32.1. The molecule has 0 saturated heterocycles. The van der Waals surface area contributed by atoms with Crippen molar-refractivity contribution in [2.45, 2.75) is 20.3 Å². The van der Waals surface area contributed by atoms with Crippen LogP contribution in [0.5, 0.6) is 0 Å². The van der Waals surface area contributed by atoms with Gasteiger partial charge in [0, 0.05) is 13.3 Å². The highest BCUT2D eigenvalue weighted by Gasteiger charge is 2.20. The summed E-state index contributed by atoms with van der Waals surface area (Å²) < 4.78 is 39.0. The first-order valence-electron chi connectivity index (χ1n) is 3.66. The van der Waals surface area contributed by atoms with Crippen LogP contribution in [0.15, 0.2) is 5.38 Å². The fourth-order valence-corrected chi connectivity index (χ4v) is 1.37. The molecule has 0 radical (unpaired) electrons. The molecule has 0 aliphatic heterocycles. The molecule has 0 amide bonds. The highest BCUT2D eigenvalue weighted by molar-refractivity contribution is 7.09. The van der Waals surface area contributed by atoms with Crippen molar-refractivity contribution >= 4 is 18.6 Å². The molecule has 1 N–H and O–H groups in total. The Balaban J connectivity index is 0.000000252. The highest BCUT2D eigenvalue weighted by Crippen LogP contribution is 2.06. The molecule has 1 aromatic rings. The largest absolute Gasteiger partial charge is 0.673 e. The van der Waals surface area contributed by atoms with Gasteiger partial charge in [-0.2, -0.15) is 0 Å². The van der Waals surface area contributed by atoms with Gasteiger partial charge in [-0.1, -0.05) is 18.3 Å². The monoisotopic (exact) mass is 215 g/mol. The molecule has 0 aromatic carbocycles. The second kappa shape index (κ2) is 5.21. The summed E-state index contributed by atoms with van der Waals surface area (Å²) in [6.45, 7) is 4.23. The zero-order valence-electron chi connectivity index (χ0n) is 7.28. The number of hydrogen-bond donors (Lipinski definition) is 0. The van der Waals surface area contributed by atoms with E-state index >= 15 is 0 Å². The van der Waals surface area contributed by atoms with Crippen LogP contribution in [0.1, 0.15) is 17.6 Å². The predicted octanol–water partition coefficient (Wildman–Crippen LogP) is 2.73. The molecule has 0 unspecified atom stereocenters. The van der Waals surface area contributed by atoms with E-state index in [0.29, 0.717) is 0 Å². The summed E-state index contributed by atoms with van der Waals surface area (Å²) in [7, 11) is -6.00. The standard InChI is InChI=1S/C6H9NS.BF4/c1-3-6-7-5(2)4-8-6;2-1(3,4)5/h4H,3H2,1-2H3;/q;-1/p+1. The number of H-pyrrole nitrogens is 1. The normalized spacial score (nSPS) is 10.6. The first-order chi connectivity index (χ1) is 5.83. The second-order valence-electron chi connectivity index (χ2n) is 2.32. The lowest BCUT2D eigenvalue weighted by Gasteiger charge is -1.94. The summed E-state index contributed by atoms with van der Waals surface area (Å²) in [4.78, 5) is 3.24. The summed E-state index contributed by atoms with van der Waals surface area (Å²) in [6.07, 6.45) is 1.12. The van der Waals surface area contributed by atoms with E-state index in [4.69, 9.17) is 0 Å². The van der Waals surface area contributed by atoms with Crippen LogP contribution in [0.2, 0.25) is 0 Å². The molecule has 76 valence electrons. The van der Waals surface area contributed by atoms with Crippen LogP contribution < -0.4 is 4.98 Å². The summed E-state index contributed by atoms with van der Waals surface area (Å²) in [5, 5.41) is 3.50. The molecule has 0 aliphatic carbocycles. The molecular weight excluding hydrogens is 205 g/mol. The SMILES string of the molecule is CCc1[nH+]c(C)cs1.F[B-](F)(F)F. The first kappa shape index (κ1) is 12.4. The number of nitrogens with one attached hydrogen (secondary N) is 1. The average molecular weight is 215 g/mol. The molecule has 1 rings (SSSR count). The van der Waals surface area contributed by atoms with Crippen molar-refractivity contribution in [2.75, 3.05) is 0 Å². The Morgan fingerprint density at radius 3 is 2.00 bits per heavy atom. The Hall–Kier alpha value is -0.585. The maximum absolute atomic E-state index is 9.75. The molecule has 1 aromatic heterocycles. The lowest BCUT2D eigenvalue weighted by atomic mass is 10.3. The van der Waals surface area contributed by atoms with E-state index in [-0.39, 0.29) is 0 Å². The summed E-state index contributed by atoms with van der Waals surface area (Å²) >= 11 is 1.79. The molecule has 0 bridgehead atoms. The Kier molecular flexibility index (Phi) is 4.98. The number of aromatic nitrogens is 1. The van der Waals surface area contributed by atoms with Gasteiger partial charge in [-0.15, -0.1) is 0 Å². The number of aromatic amines is 1. The van der Waals surface area contributed by atoms with Crippen molar-refractivity contribution in [3.8, 4) is 0 Å². The fraction of sp³-hybridized carbons (Fsp3) is 0.500. The van der Waals surface area contributed by atoms with Crippen LogP contribution >= 0.6 is 11.3 Å². The van der Waals surface area contributed by atoms with Gasteiger partial charge in [-0.05, 0) is 0 Å². The fourth-order valence-electron chi connectivity index (χ4n) is 0.610. The predicted molar refractivity (Wildman–Crippen MR) is 45.2 cm³/mol. The molecule has 0 fully saturated rings. The van der Waals surface area contributed by atoms with Crippen LogP contribution in [-0.2, 0) is 6.42 Å². The number of hydrogen-bond acceptors (Lipinski definition) is 1. The van der Waals surface area contributed by atoms with Crippen LogP contribution in [0.3, 0.4) is 0 Å². The molecule has 13 heavy (non-hydrogen) atoms. The van der Waals surface area contributed by atoms with Crippen LogP contribution in [0, 0.1) is 6.92 Å². The van der Waals surface area contributed by atoms with Gasteiger partial charge >= 0.3 is 7.25 Å². The van der Waals surface area contributed by atoms with E-state index in [2.05, 4.69) is 24.2 Å². The van der Waals surface area contributed by atoms with Gasteiger partial charge in [0.2, 0.25) is 5.01 Å². The van der Waals surface area contributed by atoms with E-state index in [1.807, 2.05) is 0 Å². The van der Waals surface area contributed by atoms with Crippen molar-refractivity contribution in [1.29, 1.82) is 0 Å². The van der Waals surface area contributed by atoms with E-state index < -0.39 is 7.25 Å². The molecule has 0 spiro atoms. The minimum absolute atomic E-state index is 1.12. The van der Waals surface area contributed by atoms with Gasteiger partial charge in [0.05, 0.1) is 5.38 Å². The lowest BCUT2D eigenvalue weighted by molar-refractivity contribution is -0.391. The molecule has 1 nitrogen and oxygen atoms in total. The topological polar surface area (TPSA) is 14.1 Å². The van der Waals surface area contributed by atoms with Crippen molar-refractivity contribution in [3.05, 3.63) is 16.1 Å². The van der Waals surface area contributed by atoms with Crippen LogP contribution in [-0.4, -0.2) is 7.25 Å². The minimum atomic E-state index is -6.00. The minimum Gasteiger partial charge on any atom is -0.418 e. The Bertz CT molecular complexity index is 241. The van der Waals surface area contributed by atoms with E-state index in [9.17, 15) is 17.3 Å². The third-order valence-electron chi connectivity index (χ3n) is 1.04.